The average Bonchev–Trinajstić information content (AvgIpc) is 2.47. The van der Waals surface area contributed by atoms with Gasteiger partial charge in [0.05, 0.1) is 24.9 Å². The highest BCUT2D eigenvalue weighted by atomic mass is 16.7. The lowest BCUT2D eigenvalue weighted by molar-refractivity contribution is -0.232. The van der Waals surface area contributed by atoms with Gasteiger partial charge in [0.2, 0.25) is 0 Å². The van der Waals surface area contributed by atoms with E-state index in [1.165, 1.54) is 0 Å². The van der Waals surface area contributed by atoms with Crippen molar-refractivity contribution in [2.75, 3.05) is 20.3 Å². The number of aliphatic hydroxyl groups excluding tert-OH is 3. The number of ether oxygens (including phenoxy) is 3. The van der Waals surface area contributed by atoms with E-state index in [0.717, 1.165) is 7.11 Å². The van der Waals surface area contributed by atoms with Crippen LogP contribution in [0.25, 0.3) is 0 Å². The lowest BCUT2D eigenvalue weighted by atomic mass is 10.0. The van der Waals surface area contributed by atoms with Gasteiger partial charge in [0.1, 0.15) is 0 Å². The maximum Gasteiger partial charge on any atom is 0.333 e. The highest BCUT2D eigenvalue weighted by Gasteiger charge is 2.34. The second kappa shape index (κ2) is 9.29. The lowest BCUT2D eigenvalue weighted by Gasteiger charge is -2.33. The molecule has 0 amide bonds. The van der Waals surface area contributed by atoms with Gasteiger partial charge >= 0.3 is 5.97 Å². The second-order valence-corrected chi connectivity index (χ2v) is 5.02. The molecule has 0 aromatic rings. The van der Waals surface area contributed by atoms with Gasteiger partial charge in [0.25, 0.3) is 0 Å². The maximum absolute atomic E-state index is 10.8. The molecular weight excluding hydrogens is 284 g/mol. The van der Waals surface area contributed by atoms with E-state index in [1.807, 2.05) is 0 Å². The molecule has 8 nitrogen and oxygen atoms in total. The van der Waals surface area contributed by atoms with Crippen LogP contribution in [0.2, 0.25) is 0 Å². The van der Waals surface area contributed by atoms with Crippen LogP contribution >= 0.6 is 0 Å². The van der Waals surface area contributed by atoms with Gasteiger partial charge in [0.15, 0.2) is 12.4 Å². The summed E-state index contributed by atoms with van der Waals surface area (Å²) in [5.41, 5.74) is 0. The Morgan fingerprint density at radius 1 is 1.19 bits per heavy atom. The van der Waals surface area contributed by atoms with Gasteiger partial charge in [-0.15, -0.1) is 0 Å². The third-order valence-corrected chi connectivity index (χ3v) is 3.35. The minimum atomic E-state index is -1.10. The zero-order chi connectivity index (χ0) is 15.8. The van der Waals surface area contributed by atoms with E-state index in [4.69, 9.17) is 24.4 Å². The fraction of sp³-hybridized carbons (Fsp3) is 0.923. The molecule has 0 spiro atoms. The third-order valence-electron chi connectivity index (χ3n) is 3.35. The first kappa shape index (κ1) is 18.3. The topological polar surface area (TPSA) is 126 Å². The van der Waals surface area contributed by atoms with Crippen molar-refractivity contribution < 1.29 is 39.4 Å². The van der Waals surface area contributed by atoms with Crippen LogP contribution in [0.5, 0.6) is 0 Å². The molecule has 2 aliphatic rings. The van der Waals surface area contributed by atoms with E-state index >= 15 is 0 Å². The Kier molecular flexibility index (Phi) is 8.09. The number of hydrogen-bond acceptors (Lipinski definition) is 7. The molecule has 2 heterocycles. The summed E-state index contributed by atoms with van der Waals surface area (Å²) in [6, 6.07) is 0. The Bertz CT molecular complexity index is 311. The molecule has 4 N–H and O–H groups in total. The molecule has 2 fully saturated rings. The average molecular weight is 308 g/mol. The van der Waals surface area contributed by atoms with Crippen LogP contribution in [0.15, 0.2) is 0 Å². The predicted octanol–water partition coefficient (Wildman–Crippen LogP) is -0.898. The number of hydrogen-bond donors (Lipinski definition) is 4. The Morgan fingerprint density at radius 2 is 1.90 bits per heavy atom. The fourth-order valence-corrected chi connectivity index (χ4v) is 2.32. The largest absolute Gasteiger partial charge is 0.479 e. The molecule has 8 heteroatoms. The molecular formula is C13H24O8. The molecule has 0 aromatic heterocycles. The van der Waals surface area contributed by atoms with Crippen molar-refractivity contribution in [2.24, 2.45) is 0 Å². The van der Waals surface area contributed by atoms with Crippen molar-refractivity contribution in [3.8, 4) is 0 Å². The standard InChI is InChI=1S/C12H20O7.CH4O/c13-7-1-2-17-9(3-7)6-18-11-5-8(14)4-10(19-11)12(15)16;1-2/h7-11,13-14H,1-6H2,(H,15,16);2H,1H3/t7?,8-,9?,10?,11?;/m0./s1. The normalized spacial score (nSPS) is 36.5. The summed E-state index contributed by atoms with van der Waals surface area (Å²) in [6.07, 6.45) is -1.67. The lowest BCUT2D eigenvalue weighted by Crippen LogP contribution is -2.42. The minimum Gasteiger partial charge on any atom is -0.479 e. The molecule has 21 heavy (non-hydrogen) atoms. The van der Waals surface area contributed by atoms with Gasteiger partial charge in [-0.25, -0.2) is 4.79 Å². The van der Waals surface area contributed by atoms with Crippen molar-refractivity contribution in [3.05, 3.63) is 0 Å². The number of aliphatic hydroxyl groups is 3. The molecule has 2 saturated heterocycles. The number of carbonyl (C=O) groups is 1. The summed E-state index contributed by atoms with van der Waals surface area (Å²) in [6.45, 7) is 0.710. The van der Waals surface area contributed by atoms with Crippen LogP contribution in [-0.4, -0.2) is 77.4 Å². The van der Waals surface area contributed by atoms with E-state index in [-0.39, 0.29) is 31.7 Å². The van der Waals surface area contributed by atoms with E-state index in [1.54, 1.807) is 0 Å². The summed E-state index contributed by atoms with van der Waals surface area (Å²) >= 11 is 0. The molecule has 0 bridgehead atoms. The Morgan fingerprint density at radius 3 is 2.52 bits per heavy atom. The second-order valence-electron chi connectivity index (χ2n) is 5.02. The molecule has 0 aliphatic carbocycles. The van der Waals surface area contributed by atoms with E-state index in [9.17, 15) is 15.0 Å². The zero-order valence-corrected chi connectivity index (χ0v) is 12.1. The fourth-order valence-electron chi connectivity index (χ4n) is 2.32. The van der Waals surface area contributed by atoms with Gasteiger partial charge < -0.3 is 34.6 Å². The van der Waals surface area contributed by atoms with E-state index in [0.29, 0.717) is 19.4 Å². The van der Waals surface area contributed by atoms with Gasteiger partial charge in [-0.05, 0) is 6.42 Å². The molecule has 4 unspecified atom stereocenters. The first-order valence-electron chi connectivity index (χ1n) is 6.97. The van der Waals surface area contributed by atoms with Crippen LogP contribution < -0.4 is 0 Å². The van der Waals surface area contributed by atoms with Gasteiger partial charge in [0, 0.05) is 33.0 Å². The number of aliphatic carboxylic acids is 1. The summed E-state index contributed by atoms with van der Waals surface area (Å²) in [7, 11) is 1.00. The van der Waals surface area contributed by atoms with Gasteiger partial charge in [-0.3, -0.25) is 0 Å². The molecule has 5 atom stereocenters. The summed E-state index contributed by atoms with van der Waals surface area (Å²) < 4.78 is 16.1. The van der Waals surface area contributed by atoms with Gasteiger partial charge in [-0.2, -0.15) is 0 Å². The third kappa shape index (κ3) is 6.25. The van der Waals surface area contributed by atoms with E-state index < -0.39 is 24.5 Å². The van der Waals surface area contributed by atoms with Crippen molar-refractivity contribution >= 4 is 5.97 Å². The van der Waals surface area contributed by atoms with Crippen LogP contribution in [0, 0.1) is 0 Å². The van der Waals surface area contributed by atoms with Crippen LogP contribution in [-0.2, 0) is 19.0 Å². The quantitative estimate of drug-likeness (QED) is 0.526. The van der Waals surface area contributed by atoms with Gasteiger partial charge in [-0.1, -0.05) is 0 Å². The number of rotatable bonds is 4. The van der Waals surface area contributed by atoms with Crippen LogP contribution in [0.3, 0.4) is 0 Å². The summed E-state index contributed by atoms with van der Waals surface area (Å²) in [5.74, 6) is -1.10. The number of carboxylic acid groups (broad SMARTS) is 1. The highest BCUT2D eigenvalue weighted by Crippen LogP contribution is 2.22. The summed E-state index contributed by atoms with van der Waals surface area (Å²) in [4.78, 5) is 10.8. The number of carboxylic acids is 1. The van der Waals surface area contributed by atoms with Crippen molar-refractivity contribution in [1.82, 2.24) is 0 Å². The predicted molar refractivity (Wildman–Crippen MR) is 70.6 cm³/mol. The van der Waals surface area contributed by atoms with Crippen molar-refractivity contribution in [2.45, 2.75) is 56.4 Å². The maximum atomic E-state index is 10.8. The monoisotopic (exact) mass is 308 g/mol. The highest BCUT2D eigenvalue weighted by molar-refractivity contribution is 5.72. The minimum absolute atomic E-state index is 0.0772. The molecule has 2 rings (SSSR count). The molecule has 2 aliphatic heterocycles. The Labute approximate surface area is 123 Å². The smallest absolute Gasteiger partial charge is 0.333 e. The summed E-state index contributed by atoms with van der Waals surface area (Å²) in [5, 5.41) is 34.9. The first-order chi connectivity index (χ1) is 10.0. The first-order valence-corrected chi connectivity index (χ1v) is 6.97. The van der Waals surface area contributed by atoms with E-state index in [2.05, 4.69) is 0 Å². The SMILES string of the molecule is CO.O=C(O)C1C[C@H](O)CC(OCC2CC(O)CCO2)O1. The van der Waals surface area contributed by atoms with Crippen molar-refractivity contribution in [3.63, 3.8) is 0 Å². The van der Waals surface area contributed by atoms with Crippen LogP contribution in [0.4, 0.5) is 0 Å². The van der Waals surface area contributed by atoms with Crippen LogP contribution in [0.1, 0.15) is 25.7 Å². The molecule has 0 saturated carbocycles. The van der Waals surface area contributed by atoms with Crippen molar-refractivity contribution in [1.29, 1.82) is 0 Å². The Hall–Kier alpha value is -0.770. The zero-order valence-electron chi connectivity index (χ0n) is 12.1. The Balaban J connectivity index is 0.00000106. The molecule has 0 radical (unpaired) electrons. The molecule has 124 valence electrons. The molecule has 0 aromatic carbocycles.